The summed E-state index contributed by atoms with van der Waals surface area (Å²) in [4.78, 5) is 2.39. The van der Waals surface area contributed by atoms with Crippen molar-refractivity contribution in [3.05, 3.63) is 0 Å². The average molecular weight is 156 g/mol. The molecule has 0 spiro atoms. The van der Waals surface area contributed by atoms with Gasteiger partial charge in [0.1, 0.15) is 7.28 Å². The third-order valence-electron chi connectivity index (χ3n) is 1.54. The van der Waals surface area contributed by atoms with Gasteiger partial charge >= 0.3 is 0 Å². The standard InChI is InChI=1S/C6H13BNO.C2H6/c1-7-6-8-2-4-9-5-3-8;1-2/h2-6H2,1H3;1-2H3. The van der Waals surface area contributed by atoms with E-state index in [2.05, 4.69) is 19.0 Å². The molecule has 1 heterocycles. The average Bonchev–Trinajstić information content (AvgIpc) is 2.11. The molecule has 1 radical (unpaired) electrons. The molecule has 2 nitrogen and oxygen atoms in total. The van der Waals surface area contributed by atoms with Gasteiger partial charge in [-0.3, -0.25) is 0 Å². The molecule has 3 heteroatoms. The highest BCUT2D eigenvalue weighted by Crippen LogP contribution is 1.93. The molecule has 11 heavy (non-hydrogen) atoms. The van der Waals surface area contributed by atoms with Crippen LogP contribution < -0.4 is 0 Å². The number of rotatable bonds is 2. The molecule has 0 aromatic carbocycles. The van der Waals surface area contributed by atoms with Gasteiger partial charge < -0.3 is 9.64 Å². The number of nitrogens with zero attached hydrogens (tertiary/aromatic N) is 1. The van der Waals surface area contributed by atoms with E-state index >= 15 is 0 Å². The summed E-state index contributed by atoms with van der Waals surface area (Å²) in [7, 11) is 2.19. The Kier molecular flexibility index (Phi) is 8.07. The van der Waals surface area contributed by atoms with Crippen LogP contribution in [0.25, 0.3) is 0 Å². The molecule has 1 aliphatic rings. The minimum absolute atomic E-state index is 0.911. The number of morpholine rings is 1. The fraction of sp³-hybridized carbons (Fsp3) is 1.00. The van der Waals surface area contributed by atoms with Crippen molar-refractivity contribution in [2.45, 2.75) is 20.7 Å². The smallest absolute Gasteiger partial charge is 0.125 e. The van der Waals surface area contributed by atoms with Gasteiger partial charge in [-0.05, 0) is 6.44 Å². The van der Waals surface area contributed by atoms with Gasteiger partial charge in [-0.2, -0.15) is 0 Å². The summed E-state index contributed by atoms with van der Waals surface area (Å²) in [5, 5.41) is 0. The van der Waals surface area contributed by atoms with E-state index in [4.69, 9.17) is 4.74 Å². The van der Waals surface area contributed by atoms with Crippen molar-refractivity contribution >= 4 is 7.28 Å². The number of hydrogen-bond acceptors (Lipinski definition) is 2. The van der Waals surface area contributed by atoms with Crippen molar-refractivity contribution in [3.63, 3.8) is 0 Å². The predicted molar refractivity (Wildman–Crippen MR) is 50.2 cm³/mol. The Morgan fingerprint density at radius 3 is 2.27 bits per heavy atom. The van der Waals surface area contributed by atoms with Crippen molar-refractivity contribution in [1.29, 1.82) is 0 Å². The molecule has 0 bridgehead atoms. The zero-order valence-electron chi connectivity index (χ0n) is 7.97. The van der Waals surface area contributed by atoms with E-state index in [9.17, 15) is 0 Å². The van der Waals surface area contributed by atoms with E-state index < -0.39 is 0 Å². The lowest BCUT2D eigenvalue weighted by Crippen LogP contribution is -2.38. The highest BCUT2D eigenvalue weighted by molar-refractivity contribution is 6.33. The molecule has 0 aliphatic carbocycles. The van der Waals surface area contributed by atoms with E-state index in [0.29, 0.717) is 0 Å². The Hall–Kier alpha value is -0.0151. The third kappa shape index (κ3) is 5.28. The largest absolute Gasteiger partial charge is 0.379 e. The maximum absolute atomic E-state index is 5.19. The quantitative estimate of drug-likeness (QED) is 0.554. The Labute approximate surface area is 71.2 Å². The topological polar surface area (TPSA) is 12.5 Å². The van der Waals surface area contributed by atoms with Crippen molar-refractivity contribution < 1.29 is 4.74 Å². The van der Waals surface area contributed by atoms with Crippen molar-refractivity contribution in [3.8, 4) is 0 Å². The maximum atomic E-state index is 5.19. The van der Waals surface area contributed by atoms with Crippen molar-refractivity contribution in [1.82, 2.24) is 4.90 Å². The third-order valence-corrected chi connectivity index (χ3v) is 1.54. The Balaban J connectivity index is 0.000000461. The van der Waals surface area contributed by atoms with Crippen LogP contribution in [0.1, 0.15) is 13.8 Å². The summed E-state index contributed by atoms with van der Waals surface area (Å²) in [5.41, 5.74) is 0. The van der Waals surface area contributed by atoms with Gasteiger partial charge in [0.15, 0.2) is 0 Å². The fourth-order valence-electron chi connectivity index (χ4n) is 1.04. The molecule has 1 aliphatic heterocycles. The van der Waals surface area contributed by atoms with E-state index in [1.54, 1.807) is 0 Å². The molecule has 0 saturated carbocycles. The van der Waals surface area contributed by atoms with Gasteiger partial charge in [-0.15, -0.1) is 0 Å². The van der Waals surface area contributed by atoms with Gasteiger partial charge in [0.2, 0.25) is 0 Å². The van der Waals surface area contributed by atoms with Gasteiger partial charge in [0, 0.05) is 13.1 Å². The van der Waals surface area contributed by atoms with Gasteiger partial charge in [-0.25, -0.2) is 0 Å². The fourth-order valence-corrected chi connectivity index (χ4v) is 1.04. The second kappa shape index (κ2) is 8.09. The normalized spacial score (nSPS) is 18.5. The molecule has 1 rings (SSSR count). The first-order valence-electron chi connectivity index (χ1n) is 4.51. The SMILES string of the molecule is CC.C[B]CN1CCOCC1. The number of ether oxygens (including phenoxy) is 1. The van der Waals surface area contributed by atoms with E-state index in [-0.39, 0.29) is 0 Å². The van der Waals surface area contributed by atoms with Crippen molar-refractivity contribution in [2.75, 3.05) is 32.7 Å². The lowest BCUT2D eigenvalue weighted by molar-refractivity contribution is 0.0463. The zero-order chi connectivity index (χ0) is 8.53. The second-order valence-corrected chi connectivity index (χ2v) is 2.32. The molecule has 0 unspecified atom stereocenters. The summed E-state index contributed by atoms with van der Waals surface area (Å²) < 4.78 is 5.19. The molecule has 0 amide bonds. The molecule has 1 fully saturated rings. The maximum Gasteiger partial charge on any atom is 0.125 e. The van der Waals surface area contributed by atoms with Crippen LogP contribution in [0.2, 0.25) is 6.82 Å². The first-order chi connectivity index (χ1) is 5.43. The summed E-state index contributed by atoms with van der Waals surface area (Å²) in [5.74, 6) is 0. The van der Waals surface area contributed by atoms with Gasteiger partial charge in [-0.1, -0.05) is 20.7 Å². The van der Waals surface area contributed by atoms with Crippen LogP contribution in [0, 0.1) is 0 Å². The molecular formula is C8H19BNO. The molecule has 0 aromatic rings. The van der Waals surface area contributed by atoms with E-state index in [1.165, 1.54) is 0 Å². The lowest BCUT2D eigenvalue weighted by atomic mass is 9.82. The summed E-state index contributed by atoms with van der Waals surface area (Å²) in [6, 6.07) is 0. The van der Waals surface area contributed by atoms with Gasteiger partial charge in [0.05, 0.1) is 13.2 Å². The zero-order valence-corrected chi connectivity index (χ0v) is 7.97. The Bertz CT molecular complexity index is 71.7. The van der Waals surface area contributed by atoms with Crippen LogP contribution in [0.5, 0.6) is 0 Å². The Morgan fingerprint density at radius 1 is 1.27 bits per heavy atom. The molecule has 1 saturated heterocycles. The lowest BCUT2D eigenvalue weighted by Gasteiger charge is -2.25. The summed E-state index contributed by atoms with van der Waals surface area (Å²) >= 11 is 0. The molecule has 0 atom stereocenters. The van der Waals surface area contributed by atoms with Gasteiger partial charge in [0.25, 0.3) is 0 Å². The molecule has 0 N–H and O–H groups in total. The van der Waals surface area contributed by atoms with Crippen LogP contribution in [0.15, 0.2) is 0 Å². The predicted octanol–water partition coefficient (Wildman–Crippen LogP) is 1.05. The second-order valence-electron chi connectivity index (χ2n) is 2.32. The highest BCUT2D eigenvalue weighted by Gasteiger charge is 2.07. The van der Waals surface area contributed by atoms with Crippen LogP contribution in [-0.4, -0.2) is 44.9 Å². The van der Waals surface area contributed by atoms with Crippen LogP contribution in [0.3, 0.4) is 0 Å². The molecule has 65 valence electrons. The van der Waals surface area contributed by atoms with Crippen LogP contribution >= 0.6 is 0 Å². The molecule has 0 aromatic heterocycles. The van der Waals surface area contributed by atoms with E-state index in [0.717, 1.165) is 32.7 Å². The first kappa shape index (κ1) is 11.0. The Morgan fingerprint density at radius 2 is 1.82 bits per heavy atom. The molecular weight excluding hydrogens is 137 g/mol. The minimum atomic E-state index is 0.911. The van der Waals surface area contributed by atoms with Crippen LogP contribution in [0.4, 0.5) is 0 Å². The summed E-state index contributed by atoms with van der Waals surface area (Å²) in [6.07, 6.45) is 1.11. The first-order valence-corrected chi connectivity index (χ1v) is 4.51. The highest BCUT2D eigenvalue weighted by atomic mass is 16.5. The number of hydrogen-bond donors (Lipinski definition) is 0. The monoisotopic (exact) mass is 156 g/mol. The summed E-state index contributed by atoms with van der Waals surface area (Å²) in [6.45, 7) is 10.1. The van der Waals surface area contributed by atoms with Crippen LogP contribution in [-0.2, 0) is 4.74 Å². The van der Waals surface area contributed by atoms with E-state index in [1.807, 2.05) is 13.8 Å². The van der Waals surface area contributed by atoms with Crippen molar-refractivity contribution in [2.24, 2.45) is 0 Å². The minimum Gasteiger partial charge on any atom is -0.379 e.